The summed E-state index contributed by atoms with van der Waals surface area (Å²) in [6.07, 6.45) is 1.64. The van der Waals surface area contributed by atoms with Crippen LogP contribution in [0.4, 0.5) is 0 Å². The number of rotatable bonds is 2. The molecule has 2 N–H and O–H groups in total. The minimum absolute atomic E-state index is 0.0556. The van der Waals surface area contributed by atoms with Crippen molar-refractivity contribution in [3.05, 3.63) is 0 Å². The topological polar surface area (TPSA) is 77.6 Å². The first kappa shape index (κ1) is 8.72. The van der Waals surface area contributed by atoms with Crippen molar-refractivity contribution >= 4 is 6.02 Å². The van der Waals surface area contributed by atoms with Crippen molar-refractivity contribution in [3.63, 3.8) is 0 Å². The Morgan fingerprint density at radius 1 is 1.90 bits per heavy atom. The lowest BCUT2D eigenvalue weighted by Gasteiger charge is -1.98. The van der Waals surface area contributed by atoms with Crippen molar-refractivity contribution in [2.75, 3.05) is 20.3 Å². The highest BCUT2D eigenvalue weighted by molar-refractivity contribution is 5.74. The highest BCUT2D eigenvalue weighted by Crippen LogP contribution is 1.74. The first-order valence-electron chi connectivity index (χ1n) is 2.69. The van der Waals surface area contributed by atoms with E-state index in [1.54, 1.807) is 6.19 Å². The summed E-state index contributed by atoms with van der Waals surface area (Å²) in [6, 6.07) is 0.122. The van der Waals surface area contributed by atoms with E-state index in [-0.39, 0.29) is 19.2 Å². The average Bonchev–Trinajstić information content (AvgIpc) is 1.98. The summed E-state index contributed by atoms with van der Waals surface area (Å²) in [4.78, 5) is 3.66. The van der Waals surface area contributed by atoms with Crippen LogP contribution in [0.25, 0.3) is 0 Å². The quantitative estimate of drug-likeness (QED) is 0.226. The Morgan fingerprint density at radius 3 is 3.00 bits per heavy atom. The predicted molar refractivity (Wildman–Crippen MR) is 35.1 cm³/mol. The van der Waals surface area contributed by atoms with E-state index < -0.39 is 0 Å². The van der Waals surface area contributed by atoms with Gasteiger partial charge in [-0.05, 0) is 0 Å². The second kappa shape index (κ2) is 5.85. The van der Waals surface area contributed by atoms with Gasteiger partial charge in [-0.15, -0.1) is 0 Å². The van der Waals surface area contributed by atoms with E-state index in [1.165, 1.54) is 7.11 Å². The number of aliphatic hydroxyl groups excluding tert-OH is 1. The number of amidine groups is 1. The molecular weight excluding hydrogens is 134 g/mol. The van der Waals surface area contributed by atoms with Gasteiger partial charge in [0.2, 0.25) is 0 Å². The van der Waals surface area contributed by atoms with Crippen LogP contribution in [0.15, 0.2) is 4.99 Å². The van der Waals surface area contributed by atoms with Gasteiger partial charge in [-0.3, -0.25) is 0 Å². The Bertz CT molecular complexity index is 149. The van der Waals surface area contributed by atoms with E-state index in [0.29, 0.717) is 0 Å². The molecule has 0 fully saturated rings. The van der Waals surface area contributed by atoms with Gasteiger partial charge in [-0.2, -0.15) is 5.26 Å². The molecule has 0 aliphatic rings. The molecule has 0 saturated heterocycles. The summed E-state index contributed by atoms with van der Waals surface area (Å²) in [5.74, 6) is 0. The number of hydrogen-bond donors (Lipinski definition) is 2. The lowest BCUT2D eigenvalue weighted by molar-refractivity contribution is 0.303. The fourth-order valence-electron chi connectivity index (χ4n) is 0.354. The molecule has 5 heteroatoms. The smallest absolute Gasteiger partial charge is 0.297 e. The molecule has 0 saturated carbocycles. The molecule has 0 rings (SSSR count). The zero-order chi connectivity index (χ0) is 7.82. The second-order valence-corrected chi connectivity index (χ2v) is 1.35. The fourth-order valence-corrected chi connectivity index (χ4v) is 0.354. The predicted octanol–water partition coefficient (Wildman–Crippen LogP) is -0.948. The number of methoxy groups -OCH3 is 1. The van der Waals surface area contributed by atoms with Gasteiger partial charge in [0.25, 0.3) is 6.02 Å². The molecule has 0 heterocycles. The molecule has 0 bridgehead atoms. The van der Waals surface area contributed by atoms with Gasteiger partial charge in [0.1, 0.15) is 0 Å². The lowest BCUT2D eigenvalue weighted by atomic mass is 10.7. The zero-order valence-electron chi connectivity index (χ0n) is 5.66. The molecule has 0 aromatic heterocycles. The van der Waals surface area contributed by atoms with Crippen molar-refractivity contribution in [2.24, 2.45) is 4.99 Å². The number of nitrogens with one attached hydrogen (secondary N) is 1. The molecule has 0 aromatic carbocycles. The third kappa shape index (κ3) is 3.69. The number of hydrogen-bond acceptors (Lipinski definition) is 4. The number of aliphatic imine (C=N–C) groups is 1. The first-order chi connectivity index (χ1) is 4.85. The summed E-state index contributed by atoms with van der Waals surface area (Å²) in [5.41, 5.74) is 0. The number of nitriles is 1. The average molecular weight is 143 g/mol. The molecule has 10 heavy (non-hydrogen) atoms. The largest absolute Gasteiger partial charge is 0.468 e. The van der Waals surface area contributed by atoms with Crippen LogP contribution in [0, 0.1) is 11.5 Å². The first-order valence-corrected chi connectivity index (χ1v) is 2.69. The van der Waals surface area contributed by atoms with Crippen molar-refractivity contribution in [3.8, 4) is 6.19 Å². The van der Waals surface area contributed by atoms with E-state index in [4.69, 9.17) is 10.4 Å². The molecule has 0 radical (unpaired) electrons. The SMILES string of the molecule is COC(=NCCO)NC#N. The molecule has 0 unspecified atom stereocenters. The Kier molecular flexibility index (Phi) is 5.10. The van der Waals surface area contributed by atoms with Gasteiger partial charge in [-0.25, -0.2) is 10.3 Å². The van der Waals surface area contributed by atoms with Crippen molar-refractivity contribution in [2.45, 2.75) is 0 Å². The van der Waals surface area contributed by atoms with Gasteiger partial charge in [0.15, 0.2) is 6.19 Å². The molecule has 0 aromatic rings. The second-order valence-electron chi connectivity index (χ2n) is 1.35. The van der Waals surface area contributed by atoms with Gasteiger partial charge in [-0.1, -0.05) is 0 Å². The van der Waals surface area contributed by atoms with E-state index in [2.05, 4.69) is 15.0 Å². The van der Waals surface area contributed by atoms with Crippen LogP contribution < -0.4 is 5.32 Å². The van der Waals surface area contributed by atoms with E-state index in [0.717, 1.165) is 0 Å². The molecule has 0 amide bonds. The normalized spacial score (nSPS) is 10.3. The van der Waals surface area contributed by atoms with Crippen LogP contribution in [0.1, 0.15) is 0 Å². The third-order valence-corrected chi connectivity index (χ3v) is 0.712. The van der Waals surface area contributed by atoms with Gasteiger partial charge < -0.3 is 9.84 Å². The standard InChI is InChI=1S/C5H9N3O2/c1-10-5(8-4-6)7-2-3-9/h9H,2-3H2,1H3,(H,7,8). The number of ether oxygens (including phenoxy) is 1. The van der Waals surface area contributed by atoms with Crippen LogP contribution in [0.5, 0.6) is 0 Å². The van der Waals surface area contributed by atoms with Crippen LogP contribution >= 0.6 is 0 Å². The van der Waals surface area contributed by atoms with Crippen LogP contribution in [-0.2, 0) is 4.74 Å². The van der Waals surface area contributed by atoms with Crippen LogP contribution in [0.3, 0.4) is 0 Å². The molecule has 56 valence electrons. The van der Waals surface area contributed by atoms with E-state index >= 15 is 0 Å². The van der Waals surface area contributed by atoms with Crippen LogP contribution in [-0.4, -0.2) is 31.4 Å². The molecular formula is C5H9N3O2. The summed E-state index contributed by atoms with van der Waals surface area (Å²) in [6.45, 7) is 0.178. The Balaban J connectivity index is 3.69. The van der Waals surface area contributed by atoms with E-state index in [1.807, 2.05) is 0 Å². The number of nitrogens with zero attached hydrogens (tertiary/aromatic N) is 2. The van der Waals surface area contributed by atoms with Gasteiger partial charge in [0, 0.05) is 0 Å². The van der Waals surface area contributed by atoms with Crippen molar-refractivity contribution in [1.82, 2.24) is 5.32 Å². The highest BCUT2D eigenvalue weighted by Gasteiger charge is 1.91. The van der Waals surface area contributed by atoms with E-state index in [9.17, 15) is 0 Å². The van der Waals surface area contributed by atoms with Crippen molar-refractivity contribution < 1.29 is 9.84 Å². The molecule has 0 spiro atoms. The summed E-state index contributed by atoms with van der Waals surface area (Å²) >= 11 is 0. The maximum Gasteiger partial charge on any atom is 0.297 e. The molecule has 5 nitrogen and oxygen atoms in total. The Morgan fingerprint density at radius 2 is 2.60 bits per heavy atom. The molecule has 0 aliphatic carbocycles. The van der Waals surface area contributed by atoms with Gasteiger partial charge in [0.05, 0.1) is 20.3 Å². The maximum absolute atomic E-state index is 8.31. The number of aliphatic hydroxyl groups is 1. The van der Waals surface area contributed by atoms with Gasteiger partial charge >= 0.3 is 0 Å². The minimum atomic E-state index is -0.0556. The summed E-state index contributed by atoms with van der Waals surface area (Å²) < 4.78 is 4.60. The zero-order valence-corrected chi connectivity index (χ0v) is 5.66. The van der Waals surface area contributed by atoms with Crippen molar-refractivity contribution in [1.29, 1.82) is 5.26 Å². The maximum atomic E-state index is 8.31. The molecule has 0 atom stereocenters. The highest BCUT2D eigenvalue weighted by atomic mass is 16.5. The summed E-state index contributed by atoms with van der Waals surface area (Å²) in [5, 5.41) is 18.6. The Labute approximate surface area is 58.9 Å². The fraction of sp³-hybridized carbons (Fsp3) is 0.600. The third-order valence-electron chi connectivity index (χ3n) is 0.712. The molecule has 0 aliphatic heterocycles. The lowest BCUT2D eigenvalue weighted by Crippen LogP contribution is -2.20. The monoisotopic (exact) mass is 143 g/mol. The van der Waals surface area contributed by atoms with Crippen LogP contribution in [0.2, 0.25) is 0 Å². The minimum Gasteiger partial charge on any atom is -0.468 e. The Hall–Kier alpha value is -1.28. The summed E-state index contributed by atoms with van der Waals surface area (Å²) in [7, 11) is 1.39.